The number of carbonyl (C=O) groups excluding carboxylic acids is 1. The van der Waals surface area contributed by atoms with Crippen molar-refractivity contribution in [2.45, 2.75) is 19.8 Å². The molecule has 4 heterocycles. The highest BCUT2D eigenvalue weighted by atomic mass is 19.1. The Kier molecular flexibility index (Phi) is 5.69. The molecule has 2 aromatic carbocycles. The Morgan fingerprint density at radius 2 is 1.81 bits per heavy atom. The highest BCUT2D eigenvalue weighted by Gasteiger charge is 2.15. The summed E-state index contributed by atoms with van der Waals surface area (Å²) in [6.45, 7) is 1.97. The Hall–Kier alpha value is -4.85. The van der Waals surface area contributed by atoms with Gasteiger partial charge in [-0.25, -0.2) is 4.39 Å². The molecule has 0 aliphatic rings. The number of halogens is 1. The molecule has 0 radical (unpaired) electrons. The van der Waals surface area contributed by atoms with Crippen LogP contribution in [0, 0.1) is 5.82 Å². The molecule has 6 aromatic rings. The van der Waals surface area contributed by atoms with Crippen LogP contribution in [0.4, 0.5) is 10.1 Å². The molecule has 0 unspecified atom stereocenters. The van der Waals surface area contributed by atoms with Gasteiger partial charge in [-0.3, -0.25) is 19.9 Å². The van der Waals surface area contributed by atoms with Crippen LogP contribution in [0.5, 0.6) is 0 Å². The van der Waals surface area contributed by atoms with Gasteiger partial charge in [0.2, 0.25) is 5.91 Å². The van der Waals surface area contributed by atoms with Gasteiger partial charge in [-0.15, -0.1) is 0 Å². The number of nitrogens with zero attached hydrogens (tertiary/aromatic N) is 3. The lowest BCUT2D eigenvalue weighted by Crippen LogP contribution is -2.10. The number of aromatic amines is 2. The second-order valence-corrected chi connectivity index (χ2v) is 8.91. The van der Waals surface area contributed by atoms with Crippen molar-refractivity contribution in [1.29, 1.82) is 0 Å². The number of aromatic nitrogens is 5. The van der Waals surface area contributed by atoms with Crippen molar-refractivity contribution < 1.29 is 9.18 Å². The summed E-state index contributed by atoms with van der Waals surface area (Å²) in [6.07, 6.45) is 6.38. The van der Waals surface area contributed by atoms with Gasteiger partial charge in [0.05, 0.1) is 28.8 Å². The quantitative estimate of drug-likeness (QED) is 0.241. The molecule has 0 bridgehead atoms. The Balaban J connectivity index is 1.40. The third-order valence-electron chi connectivity index (χ3n) is 6.30. The van der Waals surface area contributed by atoms with Crippen molar-refractivity contribution >= 4 is 33.4 Å². The smallest absolute Gasteiger partial charge is 0.224 e. The second-order valence-electron chi connectivity index (χ2n) is 8.91. The first kappa shape index (κ1) is 22.6. The fourth-order valence-electron chi connectivity index (χ4n) is 4.56. The first-order chi connectivity index (χ1) is 18.1. The number of fused-ring (bicyclic) bond motifs is 2. The number of H-pyrrole nitrogens is 2. The molecular weight excluding hydrogens is 467 g/mol. The molecule has 7 nitrogen and oxygen atoms in total. The SMILES string of the molecule is CCCC(=O)Nc1cncc(-c2ccc3[nH]nc(-c4cc5c(-c6cccc(F)c6)nccc5[nH]4)c3c2)c1. The summed E-state index contributed by atoms with van der Waals surface area (Å²) in [5, 5.41) is 12.4. The van der Waals surface area contributed by atoms with Crippen molar-refractivity contribution in [3.05, 3.63) is 85.1 Å². The second kappa shape index (κ2) is 9.31. The minimum absolute atomic E-state index is 0.0278. The third-order valence-corrected chi connectivity index (χ3v) is 6.30. The number of benzene rings is 2. The fourth-order valence-corrected chi connectivity index (χ4v) is 4.56. The molecule has 0 atom stereocenters. The first-order valence-corrected chi connectivity index (χ1v) is 12.1. The van der Waals surface area contributed by atoms with E-state index in [2.05, 4.69) is 36.5 Å². The summed E-state index contributed by atoms with van der Waals surface area (Å²) in [5.74, 6) is -0.332. The van der Waals surface area contributed by atoms with Gasteiger partial charge in [0.1, 0.15) is 11.5 Å². The first-order valence-electron chi connectivity index (χ1n) is 12.1. The molecule has 0 saturated carbocycles. The molecule has 182 valence electrons. The molecule has 0 spiro atoms. The molecule has 6 rings (SSSR count). The van der Waals surface area contributed by atoms with Gasteiger partial charge in [0.25, 0.3) is 0 Å². The molecule has 0 aliphatic heterocycles. The van der Waals surface area contributed by atoms with E-state index in [9.17, 15) is 9.18 Å². The van der Waals surface area contributed by atoms with Crippen LogP contribution in [-0.4, -0.2) is 31.1 Å². The average molecular weight is 491 g/mol. The Morgan fingerprint density at radius 1 is 0.919 bits per heavy atom. The van der Waals surface area contributed by atoms with E-state index in [1.165, 1.54) is 12.1 Å². The summed E-state index contributed by atoms with van der Waals surface area (Å²) in [6, 6.07) is 18.3. The summed E-state index contributed by atoms with van der Waals surface area (Å²) in [5.41, 5.74) is 7.28. The monoisotopic (exact) mass is 490 g/mol. The molecule has 3 N–H and O–H groups in total. The van der Waals surface area contributed by atoms with Crippen LogP contribution in [0.3, 0.4) is 0 Å². The molecule has 0 fully saturated rings. The maximum Gasteiger partial charge on any atom is 0.224 e. The van der Waals surface area contributed by atoms with Gasteiger partial charge in [-0.1, -0.05) is 25.1 Å². The van der Waals surface area contributed by atoms with E-state index >= 15 is 0 Å². The van der Waals surface area contributed by atoms with Crippen LogP contribution in [0.25, 0.3) is 55.6 Å². The minimum atomic E-state index is -0.304. The minimum Gasteiger partial charge on any atom is -0.353 e. The lowest BCUT2D eigenvalue weighted by atomic mass is 10.0. The number of carbonyl (C=O) groups is 1. The predicted molar refractivity (Wildman–Crippen MR) is 143 cm³/mol. The third kappa shape index (κ3) is 4.33. The van der Waals surface area contributed by atoms with E-state index in [0.29, 0.717) is 23.4 Å². The van der Waals surface area contributed by atoms with Gasteiger partial charge >= 0.3 is 0 Å². The number of amides is 1. The fraction of sp³-hybridized carbons (Fsp3) is 0.103. The van der Waals surface area contributed by atoms with Crippen molar-refractivity contribution in [2.24, 2.45) is 0 Å². The largest absolute Gasteiger partial charge is 0.353 e. The van der Waals surface area contributed by atoms with E-state index in [1.807, 2.05) is 43.3 Å². The lowest BCUT2D eigenvalue weighted by molar-refractivity contribution is -0.116. The number of nitrogens with one attached hydrogen (secondary N) is 3. The molecule has 0 aliphatic carbocycles. The maximum atomic E-state index is 13.9. The van der Waals surface area contributed by atoms with Gasteiger partial charge in [0, 0.05) is 46.2 Å². The Morgan fingerprint density at radius 3 is 2.68 bits per heavy atom. The standard InChI is InChI=1S/C29H23FN6O/c1-2-4-27(37)33-21-12-19(15-31-16-21)17-7-8-25-22(13-17)29(36-35-25)26-14-23-24(34-26)9-10-32-28(23)18-5-3-6-20(30)11-18/h3,5-16,34H,2,4H2,1H3,(H,33,37)(H,35,36). The highest BCUT2D eigenvalue weighted by Crippen LogP contribution is 2.34. The molecule has 1 amide bonds. The van der Waals surface area contributed by atoms with Crippen molar-refractivity contribution in [1.82, 2.24) is 25.1 Å². The average Bonchev–Trinajstić information content (AvgIpc) is 3.52. The Bertz CT molecular complexity index is 1770. The van der Waals surface area contributed by atoms with Gasteiger partial charge in [-0.05, 0) is 54.4 Å². The molecule has 0 saturated heterocycles. The zero-order valence-electron chi connectivity index (χ0n) is 20.0. The summed E-state index contributed by atoms with van der Waals surface area (Å²) in [4.78, 5) is 24.3. The molecular formula is C29H23FN6O. The Labute approximate surface area is 211 Å². The topological polar surface area (TPSA) is 99.3 Å². The predicted octanol–water partition coefficient (Wildman–Crippen LogP) is 6.71. The zero-order chi connectivity index (χ0) is 25.4. The normalized spacial score (nSPS) is 11.3. The zero-order valence-corrected chi connectivity index (χ0v) is 20.0. The summed E-state index contributed by atoms with van der Waals surface area (Å²) in [7, 11) is 0. The van der Waals surface area contributed by atoms with E-state index < -0.39 is 0 Å². The van der Waals surface area contributed by atoms with Crippen LogP contribution in [0.15, 0.2) is 79.3 Å². The van der Waals surface area contributed by atoms with E-state index in [-0.39, 0.29) is 11.7 Å². The molecule has 8 heteroatoms. The van der Waals surface area contributed by atoms with Crippen molar-refractivity contribution in [3.8, 4) is 33.8 Å². The number of rotatable bonds is 6. The maximum absolute atomic E-state index is 13.9. The highest BCUT2D eigenvalue weighted by molar-refractivity contribution is 6.01. The van der Waals surface area contributed by atoms with Crippen LogP contribution >= 0.6 is 0 Å². The number of hydrogen-bond acceptors (Lipinski definition) is 4. The van der Waals surface area contributed by atoms with E-state index in [1.54, 1.807) is 24.7 Å². The summed E-state index contributed by atoms with van der Waals surface area (Å²) >= 11 is 0. The van der Waals surface area contributed by atoms with Crippen LogP contribution in [0.2, 0.25) is 0 Å². The lowest BCUT2D eigenvalue weighted by Gasteiger charge is -2.07. The van der Waals surface area contributed by atoms with Crippen LogP contribution in [-0.2, 0) is 4.79 Å². The van der Waals surface area contributed by atoms with Crippen LogP contribution < -0.4 is 5.32 Å². The van der Waals surface area contributed by atoms with Crippen LogP contribution in [0.1, 0.15) is 19.8 Å². The van der Waals surface area contributed by atoms with E-state index in [4.69, 9.17) is 0 Å². The number of anilines is 1. The van der Waals surface area contributed by atoms with Gasteiger partial charge in [-0.2, -0.15) is 5.10 Å². The van der Waals surface area contributed by atoms with Gasteiger partial charge < -0.3 is 10.3 Å². The van der Waals surface area contributed by atoms with E-state index in [0.717, 1.165) is 50.7 Å². The number of pyridine rings is 2. The summed E-state index contributed by atoms with van der Waals surface area (Å²) < 4.78 is 13.9. The van der Waals surface area contributed by atoms with Crippen molar-refractivity contribution in [3.63, 3.8) is 0 Å². The number of hydrogen-bond donors (Lipinski definition) is 3. The molecule has 4 aromatic heterocycles. The molecule has 37 heavy (non-hydrogen) atoms. The van der Waals surface area contributed by atoms with Gasteiger partial charge in [0.15, 0.2) is 0 Å². The van der Waals surface area contributed by atoms with Crippen molar-refractivity contribution in [2.75, 3.05) is 5.32 Å².